The van der Waals surface area contributed by atoms with Gasteiger partial charge in [0.2, 0.25) is 5.91 Å². The summed E-state index contributed by atoms with van der Waals surface area (Å²) in [7, 11) is 0. The highest BCUT2D eigenvalue weighted by Crippen LogP contribution is 2.35. The quantitative estimate of drug-likeness (QED) is 0.715. The summed E-state index contributed by atoms with van der Waals surface area (Å²) in [5.74, 6) is -1.77. The van der Waals surface area contributed by atoms with Gasteiger partial charge >= 0.3 is 5.97 Å². The number of nitrogens with zero attached hydrogens (tertiary/aromatic N) is 1. The van der Waals surface area contributed by atoms with E-state index in [0.717, 1.165) is 0 Å². The van der Waals surface area contributed by atoms with Crippen LogP contribution in [-0.4, -0.2) is 30.1 Å². The molecule has 5 N–H and O–H groups in total. The molecule has 0 aliphatic carbocycles. The molecule has 1 aliphatic rings. The topological polar surface area (TPSA) is 110 Å². The van der Waals surface area contributed by atoms with E-state index in [2.05, 4.69) is 0 Å². The summed E-state index contributed by atoms with van der Waals surface area (Å²) < 4.78 is 0. The van der Waals surface area contributed by atoms with Crippen LogP contribution in [0, 0.1) is 5.92 Å². The number of primary amides is 1. The smallest absolute Gasteiger partial charge is 0.337 e. The molecule has 2 rings (SSSR count). The van der Waals surface area contributed by atoms with Gasteiger partial charge in [0.15, 0.2) is 0 Å². The van der Waals surface area contributed by atoms with Gasteiger partial charge in [-0.05, 0) is 18.6 Å². The van der Waals surface area contributed by atoms with Gasteiger partial charge in [-0.1, -0.05) is 11.6 Å². The minimum absolute atomic E-state index is 0.0371. The maximum atomic E-state index is 11.3. The molecule has 19 heavy (non-hydrogen) atoms. The summed E-state index contributed by atoms with van der Waals surface area (Å²) in [6, 6.07) is 2.86. The second-order valence-corrected chi connectivity index (χ2v) is 4.95. The third-order valence-corrected chi connectivity index (χ3v) is 3.51. The van der Waals surface area contributed by atoms with Gasteiger partial charge in [0.25, 0.3) is 0 Å². The number of carboxylic acids is 1. The maximum absolute atomic E-state index is 11.3. The number of amides is 1. The zero-order valence-corrected chi connectivity index (χ0v) is 10.9. The van der Waals surface area contributed by atoms with Crippen molar-refractivity contribution in [2.45, 2.75) is 6.42 Å². The predicted molar refractivity (Wildman–Crippen MR) is 72.3 cm³/mol. The van der Waals surface area contributed by atoms with Gasteiger partial charge in [-0.25, -0.2) is 4.79 Å². The number of nitrogens with two attached hydrogens (primary N) is 2. The normalized spacial score (nSPS) is 18.6. The molecule has 7 heteroatoms. The van der Waals surface area contributed by atoms with Crippen molar-refractivity contribution in [1.29, 1.82) is 0 Å². The third-order valence-electron chi connectivity index (χ3n) is 3.22. The summed E-state index contributed by atoms with van der Waals surface area (Å²) in [5.41, 5.74) is 11.6. The highest BCUT2D eigenvalue weighted by Gasteiger charge is 2.30. The van der Waals surface area contributed by atoms with Crippen molar-refractivity contribution in [3.8, 4) is 0 Å². The molecule has 0 saturated carbocycles. The monoisotopic (exact) mass is 283 g/mol. The van der Waals surface area contributed by atoms with Crippen molar-refractivity contribution < 1.29 is 14.7 Å². The number of rotatable bonds is 3. The summed E-state index contributed by atoms with van der Waals surface area (Å²) in [4.78, 5) is 24.2. The summed E-state index contributed by atoms with van der Waals surface area (Å²) >= 11 is 6.08. The summed E-state index contributed by atoms with van der Waals surface area (Å²) in [5, 5.41) is 9.48. The first-order chi connectivity index (χ1) is 8.90. The van der Waals surface area contributed by atoms with Crippen molar-refractivity contribution in [2.75, 3.05) is 23.7 Å². The van der Waals surface area contributed by atoms with E-state index in [0.29, 0.717) is 25.2 Å². The fourth-order valence-corrected chi connectivity index (χ4v) is 2.65. The SMILES string of the molecule is NC(=O)C1CCN(c2c(Cl)cc(N)cc2C(=O)O)C1. The first-order valence-electron chi connectivity index (χ1n) is 5.76. The largest absolute Gasteiger partial charge is 0.478 e. The van der Waals surface area contributed by atoms with E-state index in [1.165, 1.54) is 12.1 Å². The third kappa shape index (κ3) is 2.58. The van der Waals surface area contributed by atoms with Gasteiger partial charge in [0, 0.05) is 18.8 Å². The number of aromatic carboxylic acids is 1. The van der Waals surface area contributed by atoms with Crippen LogP contribution in [0.25, 0.3) is 0 Å². The molecule has 1 saturated heterocycles. The molecule has 0 spiro atoms. The van der Waals surface area contributed by atoms with Crippen molar-refractivity contribution in [3.05, 3.63) is 22.7 Å². The average molecular weight is 284 g/mol. The van der Waals surface area contributed by atoms with E-state index >= 15 is 0 Å². The number of anilines is 2. The number of hydrogen-bond donors (Lipinski definition) is 3. The number of benzene rings is 1. The highest BCUT2D eigenvalue weighted by molar-refractivity contribution is 6.34. The van der Waals surface area contributed by atoms with E-state index in [1.54, 1.807) is 4.90 Å². The number of carboxylic acid groups (broad SMARTS) is 1. The Morgan fingerprint density at radius 2 is 2.11 bits per heavy atom. The lowest BCUT2D eigenvalue weighted by Crippen LogP contribution is -2.28. The molecule has 0 bridgehead atoms. The number of halogens is 1. The molecular weight excluding hydrogens is 270 g/mol. The van der Waals surface area contributed by atoms with Crippen LogP contribution in [0.5, 0.6) is 0 Å². The molecule has 1 atom stereocenters. The molecule has 1 aromatic carbocycles. The second-order valence-electron chi connectivity index (χ2n) is 4.54. The lowest BCUT2D eigenvalue weighted by atomic mass is 10.1. The summed E-state index contributed by atoms with van der Waals surface area (Å²) in [6.07, 6.45) is 0.592. The molecular formula is C12H14ClN3O3. The zero-order valence-electron chi connectivity index (χ0n) is 10.1. The van der Waals surface area contributed by atoms with Crippen molar-refractivity contribution >= 4 is 34.9 Å². The molecule has 1 fully saturated rings. The fourth-order valence-electron chi connectivity index (χ4n) is 2.30. The Balaban J connectivity index is 2.40. The van der Waals surface area contributed by atoms with Crippen LogP contribution < -0.4 is 16.4 Å². The van der Waals surface area contributed by atoms with Gasteiger partial charge in [0.05, 0.1) is 22.2 Å². The Bertz CT molecular complexity index is 547. The Hall–Kier alpha value is -1.95. The van der Waals surface area contributed by atoms with E-state index in [-0.39, 0.29) is 28.1 Å². The van der Waals surface area contributed by atoms with E-state index < -0.39 is 5.97 Å². The molecule has 0 aromatic heterocycles. The fraction of sp³-hybridized carbons (Fsp3) is 0.333. The molecule has 102 valence electrons. The Morgan fingerprint density at radius 1 is 1.42 bits per heavy atom. The molecule has 1 heterocycles. The van der Waals surface area contributed by atoms with Gasteiger partial charge in [0.1, 0.15) is 0 Å². The lowest BCUT2D eigenvalue weighted by molar-refractivity contribution is -0.121. The standard InChI is InChI=1S/C12H14ClN3O3/c13-9-4-7(14)3-8(12(18)19)10(9)16-2-1-6(5-16)11(15)17/h3-4,6H,1-2,5,14H2,(H2,15,17)(H,18,19). The van der Waals surface area contributed by atoms with Crippen LogP contribution >= 0.6 is 11.6 Å². The van der Waals surface area contributed by atoms with E-state index in [9.17, 15) is 14.7 Å². The Morgan fingerprint density at radius 3 is 2.63 bits per heavy atom. The van der Waals surface area contributed by atoms with E-state index in [1.807, 2.05) is 0 Å². The molecule has 1 unspecified atom stereocenters. The van der Waals surface area contributed by atoms with Crippen molar-refractivity contribution in [3.63, 3.8) is 0 Å². The van der Waals surface area contributed by atoms with Crippen LogP contribution in [0.2, 0.25) is 5.02 Å². The zero-order chi connectivity index (χ0) is 14.2. The molecule has 6 nitrogen and oxygen atoms in total. The number of nitrogen functional groups attached to an aromatic ring is 1. The minimum atomic E-state index is -1.10. The average Bonchev–Trinajstić information content (AvgIpc) is 2.76. The first-order valence-corrected chi connectivity index (χ1v) is 6.14. The minimum Gasteiger partial charge on any atom is -0.478 e. The van der Waals surface area contributed by atoms with Crippen LogP contribution in [0.1, 0.15) is 16.8 Å². The van der Waals surface area contributed by atoms with Crippen molar-refractivity contribution in [1.82, 2.24) is 0 Å². The van der Waals surface area contributed by atoms with Gasteiger partial charge in [-0.2, -0.15) is 0 Å². The maximum Gasteiger partial charge on any atom is 0.337 e. The molecule has 0 radical (unpaired) electrons. The van der Waals surface area contributed by atoms with Crippen molar-refractivity contribution in [2.24, 2.45) is 11.7 Å². The first kappa shape index (κ1) is 13.5. The van der Waals surface area contributed by atoms with Gasteiger partial charge < -0.3 is 21.5 Å². The molecule has 1 aromatic rings. The second kappa shape index (κ2) is 4.97. The van der Waals surface area contributed by atoms with Crippen LogP contribution in [0.3, 0.4) is 0 Å². The number of carbonyl (C=O) groups is 2. The van der Waals surface area contributed by atoms with Crippen LogP contribution in [0.4, 0.5) is 11.4 Å². The van der Waals surface area contributed by atoms with Gasteiger partial charge in [-0.15, -0.1) is 0 Å². The van der Waals surface area contributed by atoms with Crippen LogP contribution in [-0.2, 0) is 4.79 Å². The number of carbonyl (C=O) groups excluding carboxylic acids is 1. The van der Waals surface area contributed by atoms with E-state index in [4.69, 9.17) is 23.1 Å². The Labute approximate surface area is 114 Å². The van der Waals surface area contributed by atoms with Crippen LogP contribution in [0.15, 0.2) is 12.1 Å². The lowest BCUT2D eigenvalue weighted by Gasteiger charge is -2.22. The number of hydrogen-bond acceptors (Lipinski definition) is 4. The Kier molecular flexibility index (Phi) is 3.53. The molecule has 1 aliphatic heterocycles. The predicted octanol–water partition coefficient (Wildman–Crippen LogP) is 0.932. The summed E-state index contributed by atoms with van der Waals surface area (Å²) in [6.45, 7) is 0.913. The van der Waals surface area contributed by atoms with Gasteiger partial charge in [-0.3, -0.25) is 4.79 Å². The highest BCUT2D eigenvalue weighted by atomic mass is 35.5. The molecule has 1 amide bonds.